The summed E-state index contributed by atoms with van der Waals surface area (Å²) < 4.78 is 0. The Hall–Kier alpha value is -0.340. The van der Waals surface area contributed by atoms with E-state index in [1.54, 1.807) is 4.88 Å². The molecule has 3 unspecified atom stereocenters. The highest BCUT2D eigenvalue weighted by atomic mass is 32.1. The van der Waals surface area contributed by atoms with Crippen molar-refractivity contribution in [1.29, 1.82) is 0 Å². The first-order chi connectivity index (χ1) is 8.63. The average molecular weight is 265 g/mol. The number of thiophene rings is 1. The van der Waals surface area contributed by atoms with Crippen LogP contribution in [0, 0.1) is 24.7 Å². The van der Waals surface area contributed by atoms with E-state index in [1.807, 2.05) is 11.3 Å². The third-order valence-electron chi connectivity index (χ3n) is 4.68. The lowest BCUT2D eigenvalue weighted by Gasteiger charge is -2.38. The Bertz CT molecular complexity index is 369. The smallest absolute Gasteiger partial charge is 0.0109 e. The fourth-order valence-electron chi connectivity index (χ4n) is 3.46. The molecule has 0 radical (unpaired) electrons. The lowest BCUT2D eigenvalue weighted by molar-refractivity contribution is 0.194. The molecule has 102 valence electrons. The molecule has 1 fully saturated rings. The quantitative estimate of drug-likeness (QED) is 0.849. The zero-order valence-corrected chi connectivity index (χ0v) is 13.0. The largest absolute Gasteiger partial charge is 0.319 e. The van der Waals surface area contributed by atoms with Gasteiger partial charge in [-0.2, -0.15) is 0 Å². The molecule has 1 aliphatic carbocycles. The van der Waals surface area contributed by atoms with E-state index in [1.165, 1.54) is 31.4 Å². The maximum Gasteiger partial charge on any atom is 0.0109 e. The SMILES string of the molecule is CNCC1CCC(C(C)C)CC1c1sccc1C. The lowest BCUT2D eigenvalue weighted by Crippen LogP contribution is -2.31. The van der Waals surface area contributed by atoms with Crippen LogP contribution in [-0.2, 0) is 0 Å². The number of hydrogen-bond acceptors (Lipinski definition) is 2. The molecule has 0 bridgehead atoms. The van der Waals surface area contributed by atoms with Crippen LogP contribution in [0.3, 0.4) is 0 Å². The molecule has 1 N–H and O–H groups in total. The van der Waals surface area contributed by atoms with Gasteiger partial charge in [-0.15, -0.1) is 11.3 Å². The van der Waals surface area contributed by atoms with Gasteiger partial charge in [0.25, 0.3) is 0 Å². The van der Waals surface area contributed by atoms with Crippen molar-refractivity contribution in [3.05, 3.63) is 21.9 Å². The van der Waals surface area contributed by atoms with Gasteiger partial charge in [-0.25, -0.2) is 0 Å². The highest BCUT2D eigenvalue weighted by molar-refractivity contribution is 7.10. The summed E-state index contributed by atoms with van der Waals surface area (Å²) in [5.74, 6) is 3.38. The molecule has 0 amide bonds. The molecule has 0 aliphatic heterocycles. The van der Waals surface area contributed by atoms with Gasteiger partial charge in [0.2, 0.25) is 0 Å². The van der Waals surface area contributed by atoms with Crippen LogP contribution < -0.4 is 5.32 Å². The highest BCUT2D eigenvalue weighted by Gasteiger charge is 2.33. The summed E-state index contributed by atoms with van der Waals surface area (Å²) in [5.41, 5.74) is 1.51. The Balaban J connectivity index is 2.17. The minimum atomic E-state index is 0.790. The van der Waals surface area contributed by atoms with Crippen LogP contribution >= 0.6 is 11.3 Å². The summed E-state index contributed by atoms with van der Waals surface area (Å²) in [6, 6.07) is 2.29. The molecule has 1 nitrogen and oxygen atoms in total. The van der Waals surface area contributed by atoms with E-state index in [-0.39, 0.29) is 0 Å². The van der Waals surface area contributed by atoms with Crippen molar-refractivity contribution in [1.82, 2.24) is 5.32 Å². The van der Waals surface area contributed by atoms with Gasteiger partial charge in [-0.05, 0) is 80.5 Å². The molecule has 0 spiro atoms. The Morgan fingerprint density at radius 2 is 2.17 bits per heavy atom. The van der Waals surface area contributed by atoms with E-state index in [9.17, 15) is 0 Å². The Morgan fingerprint density at radius 1 is 1.39 bits per heavy atom. The maximum absolute atomic E-state index is 3.40. The lowest BCUT2D eigenvalue weighted by atomic mass is 9.69. The van der Waals surface area contributed by atoms with Crippen molar-refractivity contribution in [2.75, 3.05) is 13.6 Å². The first kappa shape index (κ1) is 14.1. The van der Waals surface area contributed by atoms with Crippen LogP contribution in [0.4, 0.5) is 0 Å². The van der Waals surface area contributed by atoms with Crippen molar-refractivity contribution in [3.8, 4) is 0 Å². The van der Waals surface area contributed by atoms with E-state index < -0.39 is 0 Å². The Morgan fingerprint density at radius 3 is 2.72 bits per heavy atom. The molecule has 1 aromatic heterocycles. The van der Waals surface area contributed by atoms with Gasteiger partial charge in [-0.1, -0.05) is 13.8 Å². The van der Waals surface area contributed by atoms with Crippen molar-refractivity contribution in [2.45, 2.75) is 46.0 Å². The first-order valence-corrected chi connectivity index (χ1v) is 8.20. The van der Waals surface area contributed by atoms with Gasteiger partial charge >= 0.3 is 0 Å². The Kier molecular flexibility index (Phi) is 4.85. The van der Waals surface area contributed by atoms with Crippen molar-refractivity contribution < 1.29 is 0 Å². The normalized spacial score (nSPS) is 28.8. The number of rotatable bonds is 4. The zero-order valence-electron chi connectivity index (χ0n) is 12.2. The van der Waals surface area contributed by atoms with Crippen LogP contribution in [0.1, 0.15) is 49.5 Å². The van der Waals surface area contributed by atoms with Gasteiger partial charge in [0.1, 0.15) is 0 Å². The molecule has 2 rings (SSSR count). The molecule has 1 aliphatic rings. The zero-order chi connectivity index (χ0) is 13.1. The predicted octanol–water partition coefficient (Wildman–Crippen LogP) is 4.43. The number of nitrogens with one attached hydrogen (secondary N) is 1. The topological polar surface area (TPSA) is 12.0 Å². The summed E-state index contributed by atoms with van der Waals surface area (Å²) >= 11 is 1.97. The third kappa shape index (κ3) is 2.97. The molecule has 1 heterocycles. The van der Waals surface area contributed by atoms with Crippen molar-refractivity contribution >= 4 is 11.3 Å². The number of aryl methyl sites for hydroxylation is 1. The summed E-state index contributed by atoms with van der Waals surface area (Å²) in [5, 5.41) is 5.66. The van der Waals surface area contributed by atoms with Gasteiger partial charge < -0.3 is 5.32 Å². The summed E-state index contributed by atoms with van der Waals surface area (Å²) in [6.07, 6.45) is 4.21. The van der Waals surface area contributed by atoms with Crippen LogP contribution in [0.5, 0.6) is 0 Å². The van der Waals surface area contributed by atoms with Crippen molar-refractivity contribution in [2.24, 2.45) is 17.8 Å². The van der Waals surface area contributed by atoms with Crippen LogP contribution in [-0.4, -0.2) is 13.6 Å². The maximum atomic E-state index is 3.40. The highest BCUT2D eigenvalue weighted by Crippen LogP contribution is 2.45. The molecule has 0 aromatic carbocycles. The molecular formula is C16H27NS. The second kappa shape index (κ2) is 6.21. The standard InChI is InChI=1S/C16H27NS/c1-11(2)13-5-6-14(10-17-4)15(9-13)16-12(3)7-8-18-16/h7-8,11,13-15,17H,5-6,9-10H2,1-4H3. The number of hydrogen-bond donors (Lipinski definition) is 1. The predicted molar refractivity (Wildman–Crippen MR) is 81.4 cm³/mol. The van der Waals surface area contributed by atoms with Gasteiger partial charge in [0.15, 0.2) is 0 Å². The molecule has 2 heteroatoms. The fourth-order valence-corrected chi connectivity index (χ4v) is 4.60. The minimum absolute atomic E-state index is 0.790. The molecule has 18 heavy (non-hydrogen) atoms. The van der Waals surface area contributed by atoms with Gasteiger partial charge in [0, 0.05) is 4.88 Å². The van der Waals surface area contributed by atoms with Gasteiger partial charge in [-0.3, -0.25) is 0 Å². The summed E-state index contributed by atoms with van der Waals surface area (Å²) in [7, 11) is 2.09. The van der Waals surface area contributed by atoms with E-state index >= 15 is 0 Å². The minimum Gasteiger partial charge on any atom is -0.319 e. The fraction of sp³-hybridized carbons (Fsp3) is 0.750. The first-order valence-electron chi connectivity index (χ1n) is 7.32. The van der Waals surface area contributed by atoms with Crippen LogP contribution in [0.15, 0.2) is 11.4 Å². The second-order valence-corrected chi connectivity index (χ2v) is 7.16. The van der Waals surface area contributed by atoms with Crippen LogP contribution in [0.25, 0.3) is 0 Å². The van der Waals surface area contributed by atoms with E-state index in [2.05, 4.69) is 44.6 Å². The molecule has 1 aromatic rings. The summed E-state index contributed by atoms with van der Waals surface area (Å²) in [4.78, 5) is 1.65. The van der Waals surface area contributed by atoms with Crippen molar-refractivity contribution in [3.63, 3.8) is 0 Å². The summed E-state index contributed by atoms with van der Waals surface area (Å²) in [6.45, 7) is 8.23. The molecular weight excluding hydrogens is 238 g/mol. The molecule has 0 saturated heterocycles. The van der Waals surface area contributed by atoms with E-state index in [0.717, 1.165) is 23.7 Å². The van der Waals surface area contributed by atoms with E-state index in [0.29, 0.717) is 0 Å². The molecule has 3 atom stereocenters. The van der Waals surface area contributed by atoms with Crippen LogP contribution in [0.2, 0.25) is 0 Å². The average Bonchev–Trinajstić information content (AvgIpc) is 2.76. The monoisotopic (exact) mass is 265 g/mol. The van der Waals surface area contributed by atoms with Gasteiger partial charge in [0.05, 0.1) is 0 Å². The second-order valence-electron chi connectivity index (χ2n) is 6.21. The Labute approximate surface area is 116 Å². The molecule has 1 saturated carbocycles. The van der Waals surface area contributed by atoms with E-state index in [4.69, 9.17) is 0 Å². The third-order valence-corrected chi connectivity index (χ3v) is 5.83.